The number of carbonyl (C=O) groups is 2. The van der Waals surface area contributed by atoms with Crippen LogP contribution in [0.15, 0.2) is 48.5 Å². The Morgan fingerprint density at radius 3 is 1.84 bits per heavy atom. The van der Waals surface area contributed by atoms with E-state index in [1.165, 1.54) is 0 Å². The van der Waals surface area contributed by atoms with Gasteiger partial charge in [-0.1, -0.05) is 24.3 Å². The molecule has 0 aromatic heterocycles. The first kappa shape index (κ1) is 15.8. The van der Waals surface area contributed by atoms with E-state index < -0.39 is 11.3 Å². The van der Waals surface area contributed by atoms with Crippen LogP contribution in [0.2, 0.25) is 0 Å². The van der Waals surface area contributed by atoms with Crippen molar-refractivity contribution in [2.45, 2.75) is 24.6 Å². The van der Waals surface area contributed by atoms with Crippen molar-refractivity contribution in [2.24, 2.45) is 0 Å². The summed E-state index contributed by atoms with van der Waals surface area (Å²) in [6, 6.07) is 14.5. The average molecular weight is 336 g/mol. The predicted octanol–water partition coefficient (Wildman–Crippen LogP) is 2.49. The summed E-state index contributed by atoms with van der Waals surface area (Å²) in [6.45, 7) is 1.79. The highest BCUT2D eigenvalue weighted by atomic mass is 16.3. The molecule has 2 unspecified atom stereocenters. The zero-order valence-corrected chi connectivity index (χ0v) is 14.5. The minimum Gasteiger partial charge on any atom is -0.364 e. The topological polar surface area (TPSA) is 60.9 Å². The second kappa shape index (κ2) is 4.92. The van der Waals surface area contributed by atoms with E-state index in [0.29, 0.717) is 16.8 Å². The third kappa shape index (κ3) is 1.87. The molecule has 0 saturated heterocycles. The van der Waals surface area contributed by atoms with Gasteiger partial charge < -0.3 is 14.9 Å². The van der Waals surface area contributed by atoms with Gasteiger partial charge in [0.15, 0.2) is 5.78 Å². The average Bonchev–Trinajstić information content (AvgIpc) is 2.93. The highest BCUT2D eigenvalue weighted by Gasteiger charge is 2.57. The molecular formula is C20H20N2O3. The number of carbonyl (C=O) groups excluding carboxylic acids is 2. The number of aliphatic hydroxyl groups is 1. The summed E-state index contributed by atoms with van der Waals surface area (Å²) < 4.78 is 0. The fraction of sp³-hybridized carbons (Fsp3) is 0.300. The molecular weight excluding hydrogens is 316 g/mol. The second-order valence-corrected chi connectivity index (χ2v) is 7.08. The van der Waals surface area contributed by atoms with Gasteiger partial charge in [0.2, 0.25) is 11.5 Å². The molecule has 4 rings (SSSR count). The number of Topliss-reactive ketones (excluding diaryl/α,β-unsaturated/α-hetero) is 2. The summed E-state index contributed by atoms with van der Waals surface area (Å²) in [6.07, 6.45) is -0.00593. The number of ketones is 2. The van der Waals surface area contributed by atoms with Crippen molar-refractivity contribution in [2.75, 3.05) is 23.9 Å². The molecule has 0 bridgehead atoms. The molecule has 2 aliphatic heterocycles. The van der Waals surface area contributed by atoms with Crippen molar-refractivity contribution >= 4 is 22.9 Å². The molecule has 1 N–H and O–H groups in total. The Morgan fingerprint density at radius 2 is 1.32 bits per heavy atom. The van der Waals surface area contributed by atoms with Crippen LogP contribution in [0.5, 0.6) is 0 Å². The van der Waals surface area contributed by atoms with Crippen LogP contribution in [0.25, 0.3) is 0 Å². The number of benzene rings is 2. The summed E-state index contributed by atoms with van der Waals surface area (Å²) in [5.74, 6) is -0.430. The minimum atomic E-state index is -1.75. The molecule has 0 saturated carbocycles. The standard InChI is InChI=1S/C20H20N2O3/c1-19(17(23)13-8-4-6-10-15(13)21(19)2)12-20(25)18(24)14-9-5-7-11-16(14)22(20)3/h4-11,25H,12H2,1-3H3. The number of rotatable bonds is 2. The lowest BCUT2D eigenvalue weighted by atomic mass is 9.84. The number of hydrogen-bond donors (Lipinski definition) is 1. The highest BCUT2D eigenvalue weighted by Crippen LogP contribution is 2.46. The summed E-state index contributed by atoms with van der Waals surface area (Å²) in [5, 5.41) is 11.3. The van der Waals surface area contributed by atoms with Crippen LogP contribution >= 0.6 is 0 Å². The van der Waals surface area contributed by atoms with E-state index >= 15 is 0 Å². The second-order valence-electron chi connectivity index (χ2n) is 7.08. The number of para-hydroxylation sites is 2. The van der Waals surface area contributed by atoms with E-state index in [4.69, 9.17) is 0 Å². The zero-order chi connectivity index (χ0) is 18.0. The normalized spacial score (nSPS) is 27.7. The summed E-state index contributed by atoms with van der Waals surface area (Å²) in [7, 11) is 3.53. The summed E-state index contributed by atoms with van der Waals surface area (Å²) in [4.78, 5) is 29.4. The van der Waals surface area contributed by atoms with E-state index in [0.717, 1.165) is 5.69 Å². The van der Waals surface area contributed by atoms with Crippen molar-refractivity contribution in [3.8, 4) is 0 Å². The minimum absolute atomic E-state index is 0.00593. The maximum atomic E-state index is 13.1. The Bertz CT molecular complexity index is 836. The van der Waals surface area contributed by atoms with Gasteiger partial charge in [0.05, 0.1) is 5.69 Å². The Balaban J connectivity index is 1.76. The van der Waals surface area contributed by atoms with Gasteiger partial charge in [-0.3, -0.25) is 9.59 Å². The first-order valence-electron chi connectivity index (χ1n) is 8.28. The van der Waals surface area contributed by atoms with Crippen molar-refractivity contribution in [1.29, 1.82) is 0 Å². The molecule has 5 heteroatoms. The molecule has 2 aliphatic rings. The van der Waals surface area contributed by atoms with Crippen LogP contribution in [0, 0.1) is 0 Å². The van der Waals surface area contributed by atoms with Gasteiger partial charge >= 0.3 is 0 Å². The molecule has 0 amide bonds. The van der Waals surface area contributed by atoms with Gasteiger partial charge in [-0.15, -0.1) is 0 Å². The maximum Gasteiger partial charge on any atom is 0.217 e. The van der Waals surface area contributed by atoms with Crippen LogP contribution in [0.1, 0.15) is 34.1 Å². The van der Waals surface area contributed by atoms with Crippen LogP contribution in [0.3, 0.4) is 0 Å². The van der Waals surface area contributed by atoms with Crippen molar-refractivity contribution in [3.63, 3.8) is 0 Å². The molecule has 2 atom stereocenters. The molecule has 2 heterocycles. The third-order valence-corrected chi connectivity index (χ3v) is 5.76. The fourth-order valence-electron chi connectivity index (χ4n) is 4.07. The monoisotopic (exact) mass is 336 g/mol. The molecule has 2 aromatic carbocycles. The van der Waals surface area contributed by atoms with E-state index in [1.807, 2.05) is 42.3 Å². The maximum absolute atomic E-state index is 13.1. The number of likely N-dealkylation sites (N-methyl/N-ethyl adjacent to an activating group) is 2. The molecule has 5 nitrogen and oxygen atoms in total. The lowest BCUT2D eigenvalue weighted by Crippen LogP contribution is -2.58. The van der Waals surface area contributed by atoms with Gasteiger partial charge in [0.1, 0.15) is 5.54 Å². The molecule has 0 aliphatic carbocycles. The van der Waals surface area contributed by atoms with Crippen molar-refractivity contribution < 1.29 is 14.7 Å². The number of anilines is 2. The van der Waals surface area contributed by atoms with Crippen LogP contribution in [-0.2, 0) is 0 Å². The molecule has 128 valence electrons. The van der Waals surface area contributed by atoms with Gasteiger partial charge in [-0.05, 0) is 31.2 Å². The van der Waals surface area contributed by atoms with Gasteiger partial charge in [0.25, 0.3) is 0 Å². The van der Waals surface area contributed by atoms with Crippen LogP contribution in [0.4, 0.5) is 11.4 Å². The predicted molar refractivity (Wildman–Crippen MR) is 96.3 cm³/mol. The van der Waals surface area contributed by atoms with Crippen molar-refractivity contribution in [3.05, 3.63) is 59.7 Å². The van der Waals surface area contributed by atoms with Gasteiger partial charge in [0, 0.05) is 37.3 Å². The Kier molecular flexibility index (Phi) is 3.12. The number of fused-ring (bicyclic) bond motifs is 2. The van der Waals surface area contributed by atoms with E-state index in [2.05, 4.69) is 0 Å². The van der Waals surface area contributed by atoms with Gasteiger partial charge in [-0.2, -0.15) is 0 Å². The fourth-order valence-corrected chi connectivity index (χ4v) is 4.07. The lowest BCUT2D eigenvalue weighted by Gasteiger charge is -2.40. The van der Waals surface area contributed by atoms with E-state index in [-0.39, 0.29) is 18.0 Å². The largest absolute Gasteiger partial charge is 0.364 e. The van der Waals surface area contributed by atoms with Crippen molar-refractivity contribution in [1.82, 2.24) is 0 Å². The first-order valence-corrected chi connectivity index (χ1v) is 8.28. The van der Waals surface area contributed by atoms with Gasteiger partial charge in [-0.25, -0.2) is 0 Å². The third-order valence-electron chi connectivity index (χ3n) is 5.76. The van der Waals surface area contributed by atoms with Crippen LogP contribution in [-0.4, -0.2) is 42.0 Å². The molecule has 0 spiro atoms. The Morgan fingerprint density at radius 1 is 0.840 bits per heavy atom. The smallest absolute Gasteiger partial charge is 0.217 e. The molecule has 0 radical (unpaired) electrons. The Labute approximate surface area is 146 Å². The SMILES string of the molecule is CN1c2ccccc2C(=O)C1(C)CC1(O)C(=O)c2ccccc2N1C. The van der Waals surface area contributed by atoms with E-state index in [9.17, 15) is 14.7 Å². The first-order chi connectivity index (χ1) is 11.8. The Hall–Kier alpha value is -2.66. The quantitative estimate of drug-likeness (QED) is 0.913. The van der Waals surface area contributed by atoms with E-state index in [1.54, 1.807) is 37.1 Å². The molecule has 25 heavy (non-hydrogen) atoms. The summed E-state index contributed by atoms with van der Waals surface area (Å²) >= 11 is 0. The lowest BCUT2D eigenvalue weighted by molar-refractivity contribution is 0.0221. The number of nitrogens with zero attached hydrogens (tertiary/aromatic N) is 2. The summed E-state index contributed by atoms with van der Waals surface area (Å²) in [5.41, 5.74) is -0.119. The molecule has 0 fully saturated rings. The number of hydrogen-bond acceptors (Lipinski definition) is 5. The molecule has 2 aromatic rings. The zero-order valence-electron chi connectivity index (χ0n) is 14.5. The highest BCUT2D eigenvalue weighted by molar-refractivity contribution is 6.16. The van der Waals surface area contributed by atoms with Crippen LogP contribution < -0.4 is 9.80 Å².